The van der Waals surface area contributed by atoms with Gasteiger partial charge in [-0.2, -0.15) is 0 Å². The Kier molecular flexibility index (Phi) is 4.76. The molecule has 0 saturated carbocycles. The van der Waals surface area contributed by atoms with Crippen LogP contribution in [0.2, 0.25) is 0 Å². The van der Waals surface area contributed by atoms with Gasteiger partial charge in [0.1, 0.15) is 6.17 Å². The highest BCUT2D eigenvalue weighted by molar-refractivity contribution is 5.99. The number of anilines is 2. The van der Waals surface area contributed by atoms with Crippen molar-refractivity contribution in [1.29, 1.82) is 0 Å². The predicted octanol–water partition coefficient (Wildman–Crippen LogP) is 3.81. The molecule has 0 saturated heterocycles. The van der Waals surface area contributed by atoms with E-state index in [9.17, 15) is 9.59 Å². The zero-order chi connectivity index (χ0) is 19.5. The maximum atomic E-state index is 13.0. The minimum atomic E-state index is -0.365. The summed E-state index contributed by atoms with van der Waals surface area (Å²) in [6.07, 6.45) is 1.34. The van der Waals surface area contributed by atoms with Crippen molar-refractivity contribution in [2.75, 3.05) is 10.6 Å². The van der Waals surface area contributed by atoms with Crippen LogP contribution in [0.3, 0.4) is 0 Å². The number of hydrogen-bond acceptors (Lipinski definition) is 4. The molecule has 2 N–H and O–H groups in total. The molecule has 2 heterocycles. The molecule has 140 valence electrons. The molecule has 0 fully saturated rings. The first-order valence-corrected chi connectivity index (χ1v) is 9.06. The first-order chi connectivity index (χ1) is 13.6. The average Bonchev–Trinajstić information content (AvgIpc) is 2.96. The van der Waals surface area contributed by atoms with Gasteiger partial charge in [0.25, 0.3) is 5.91 Å². The van der Waals surface area contributed by atoms with Crippen molar-refractivity contribution in [2.45, 2.75) is 19.6 Å². The van der Waals surface area contributed by atoms with Crippen LogP contribution in [-0.4, -0.2) is 21.7 Å². The molecule has 0 unspecified atom stereocenters. The second kappa shape index (κ2) is 7.52. The number of pyridine rings is 1. The Bertz CT molecular complexity index is 1000. The lowest BCUT2D eigenvalue weighted by Gasteiger charge is -2.26. The van der Waals surface area contributed by atoms with Crippen molar-refractivity contribution in [3.8, 4) is 0 Å². The molecular formula is C22H20N4O2. The Morgan fingerprint density at radius 1 is 1.00 bits per heavy atom. The molecule has 28 heavy (non-hydrogen) atoms. The fourth-order valence-corrected chi connectivity index (χ4v) is 3.34. The monoisotopic (exact) mass is 372 g/mol. The number of benzene rings is 2. The number of rotatable bonds is 5. The van der Waals surface area contributed by atoms with Crippen LogP contribution in [0.5, 0.6) is 0 Å². The number of nitrogens with one attached hydrogen (secondary N) is 2. The molecule has 1 aromatic heterocycles. The van der Waals surface area contributed by atoms with E-state index in [1.54, 1.807) is 17.2 Å². The molecule has 6 heteroatoms. The van der Waals surface area contributed by atoms with Gasteiger partial charge in [-0.3, -0.25) is 14.6 Å². The summed E-state index contributed by atoms with van der Waals surface area (Å²) >= 11 is 0. The molecule has 0 aliphatic carbocycles. The summed E-state index contributed by atoms with van der Waals surface area (Å²) in [5, 5.41) is 6.15. The van der Waals surface area contributed by atoms with E-state index in [4.69, 9.17) is 0 Å². The van der Waals surface area contributed by atoms with Crippen molar-refractivity contribution in [1.82, 2.24) is 9.88 Å². The van der Waals surface area contributed by atoms with Gasteiger partial charge in [0.05, 0.1) is 11.3 Å². The zero-order valence-electron chi connectivity index (χ0n) is 15.4. The molecule has 6 nitrogen and oxygen atoms in total. The Morgan fingerprint density at radius 2 is 1.71 bits per heavy atom. The highest BCUT2D eigenvalue weighted by Crippen LogP contribution is 2.34. The summed E-state index contributed by atoms with van der Waals surface area (Å²) in [6.45, 7) is 1.96. The van der Waals surface area contributed by atoms with E-state index in [-0.39, 0.29) is 18.0 Å². The molecule has 1 aliphatic rings. The quantitative estimate of drug-likeness (QED) is 0.714. The van der Waals surface area contributed by atoms with Gasteiger partial charge < -0.3 is 15.5 Å². The van der Waals surface area contributed by atoms with E-state index in [1.165, 1.54) is 6.92 Å². The molecule has 2 amide bonds. The fourth-order valence-electron chi connectivity index (χ4n) is 3.34. The fraction of sp³-hybridized carbons (Fsp3) is 0.136. The number of carbonyl (C=O) groups excluding carboxylic acids is 2. The molecule has 0 radical (unpaired) electrons. The maximum absolute atomic E-state index is 13.0. The molecular weight excluding hydrogens is 352 g/mol. The second-order valence-electron chi connectivity index (χ2n) is 6.66. The third-order valence-electron chi connectivity index (χ3n) is 4.60. The van der Waals surface area contributed by atoms with Crippen LogP contribution in [-0.2, 0) is 11.3 Å². The third kappa shape index (κ3) is 3.57. The lowest BCUT2D eigenvalue weighted by atomic mass is 10.2. The molecule has 0 spiro atoms. The van der Waals surface area contributed by atoms with Gasteiger partial charge in [0.2, 0.25) is 5.91 Å². The van der Waals surface area contributed by atoms with Gasteiger partial charge >= 0.3 is 0 Å². The SMILES string of the molecule is CC(=O)Nc1ccc(N[C@H]2c3ncccc3C(=O)N2Cc2ccccc2)cc1. The van der Waals surface area contributed by atoms with Crippen molar-refractivity contribution in [3.63, 3.8) is 0 Å². The van der Waals surface area contributed by atoms with Crippen molar-refractivity contribution >= 4 is 23.2 Å². The second-order valence-corrected chi connectivity index (χ2v) is 6.66. The van der Waals surface area contributed by atoms with Gasteiger partial charge in [-0.1, -0.05) is 30.3 Å². The molecule has 3 aromatic rings. The van der Waals surface area contributed by atoms with Crippen LogP contribution in [0.25, 0.3) is 0 Å². The summed E-state index contributed by atoms with van der Waals surface area (Å²) in [5.41, 5.74) is 3.94. The first kappa shape index (κ1) is 17.7. The molecule has 2 aromatic carbocycles. The minimum Gasteiger partial charge on any atom is -0.360 e. The standard InChI is InChI=1S/C22H20N4O2/c1-15(27)24-17-9-11-18(12-10-17)25-21-20-19(8-5-13-23-20)22(28)26(21)14-16-6-3-2-4-7-16/h2-13,21,25H,14H2,1H3,(H,24,27)/t21-/m1/s1. The highest BCUT2D eigenvalue weighted by Gasteiger charge is 2.37. The van der Waals surface area contributed by atoms with Crippen LogP contribution >= 0.6 is 0 Å². The number of hydrogen-bond donors (Lipinski definition) is 2. The minimum absolute atomic E-state index is 0.0423. The number of amides is 2. The number of carbonyl (C=O) groups is 2. The van der Waals surface area contributed by atoms with Crippen LogP contribution in [0.1, 0.15) is 34.7 Å². The third-order valence-corrected chi connectivity index (χ3v) is 4.60. The van der Waals surface area contributed by atoms with Crippen LogP contribution in [0, 0.1) is 0 Å². The summed E-state index contributed by atoms with van der Waals surface area (Å²) in [7, 11) is 0. The van der Waals surface area contributed by atoms with Gasteiger partial charge in [-0.15, -0.1) is 0 Å². The Balaban J connectivity index is 1.61. The number of fused-ring (bicyclic) bond motifs is 1. The Hall–Kier alpha value is -3.67. The number of aromatic nitrogens is 1. The van der Waals surface area contributed by atoms with E-state index in [0.717, 1.165) is 22.6 Å². The van der Waals surface area contributed by atoms with Crippen LogP contribution in [0.15, 0.2) is 72.9 Å². The average molecular weight is 372 g/mol. The van der Waals surface area contributed by atoms with Crippen molar-refractivity contribution < 1.29 is 9.59 Å². The summed E-state index contributed by atoms with van der Waals surface area (Å²) in [6, 6.07) is 20.9. The molecule has 1 aliphatic heterocycles. The van der Waals surface area contributed by atoms with E-state index in [2.05, 4.69) is 15.6 Å². The maximum Gasteiger partial charge on any atom is 0.258 e. The van der Waals surface area contributed by atoms with Crippen LogP contribution in [0.4, 0.5) is 11.4 Å². The number of nitrogens with zero attached hydrogens (tertiary/aromatic N) is 2. The topological polar surface area (TPSA) is 74.3 Å². The van der Waals surface area contributed by atoms with Gasteiger partial charge in [0.15, 0.2) is 0 Å². The van der Waals surface area contributed by atoms with Crippen molar-refractivity contribution in [2.24, 2.45) is 0 Å². The largest absolute Gasteiger partial charge is 0.360 e. The van der Waals surface area contributed by atoms with Crippen molar-refractivity contribution in [3.05, 3.63) is 89.7 Å². The summed E-state index contributed by atoms with van der Waals surface area (Å²) in [4.78, 5) is 30.4. The van der Waals surface area contributed by atoms with Gasteiger partial charge in [0, 0.05) is 31.0 Å². The smallest absolute Gasteiger partial charge is 0.258 e. The van der Waals surface area contributed by atoms with Gasteiger partial charge in [-0.25, -0.2) is 0 Å². The lowest BCUT2D eigenvalue weighted by molar-refractivity contribution is -0.114. The summed E-state index contributed by atoms with van der Waals surface area (Å²) in [5.74, 6) is -0.159. The van der Waals surface area contributed by atoms with Crippen LogP contribution < -0.4 is 10.6 Å². The molecule has 1 atom stereocenters. The summed E-state index contributed by atoms with van der Waals surface area (Å²) < 4.78 is 0. The molecule has 0 bridgehead atoms. The van der Waals surface area contributed by atoms with Gasteiger partial charge in [-0.05, 0) is 42.0 Å². The van der Waals surface area contributed by atoms with E-state index < -0.39 is 0 Å². The van der Waals surface area contributed by atoms with E-state index >= 15 is 0 Å². The highest BCUT2D eigenvalue weighted by atomic mass is 16.2. The van der Waals surface area contributed by atoms with E-state index in [0.29, 0.717) is 12.1 Å². The lowest BCUT2D eigenvalue weighted by Crippen LogP contribution is -2.32. The zero-order valence-corrected chi connectivity index (χ0v) is 15.4. The Morgan fingerprint density at radius 3 is 2.43 bits per heavy atom. The Labute approximate surface area is 163 Å². The predicted molar refractivity (Wildman–Crippen MR) is 108 cm³/mol. The molecule has 4 rings (SSSR count). The van der Waals surface area contributed by atoms with E-state index in [1.807, 2.05) is 60.7 Å². The first-order valence-electron chi connectivity index (χ1n) is 9.06. The normalized spacial score (nSPS) is 15.2.